The van der Waals surface area contributed by atoms with E-state index < -0.39 is 4.92 Å². The topological polar surface area (TPSA) is 52.4 Å². The summed E-state index contributed by atoms with van der Waals surface area (Å²) in [7, 11) is 0. The number of hydrogen-bond acceptors (Lipinski definition) is 3. The maximum atomic E-state index is 10.8. The fraction of sp³-hybridized carbons (Fsp3) is 0.500. The van der Waals surface area contributed by atoms with Crippen LogP contribution >= 0.6 is 0 Å². The summed E-state index contributed by atoms with van der Waals surface area (Å²) >= 11 is 0. The molecular formula is C12H17NO3. The molecule has 1 aromatic rings. The Hall–Kier alpha value is -1.58. The van der Waals surface area contributed by atoms with Crippen LogP contribution in [0.25, 0.3) is 0 Å². The van der Waals surface area contributed by atoms with Gasteiger partial charge in [-0.15, -0.1) is 0 Å². The molecule has 0 aliphatic carbocycles. The van der Waals surface area contributed by atoms with Crippen LogP contribution < -0.4 is 4.74 Å². The molecule has 0 N–H and O–H groups in total. The summed E-state index contributed by atoms with van der Waals surface area (Å²) < 4.78 is 5.58. The van der Waals surface area contributed by atoms with E-state index in [9.17, 15) is 10.1 Å². The Morgan fingerprint density at radius 1 is 1.31 bits per heavy atom. The molecule has 0 aliphatic rings. The van der Waals surface area contributed by atoms with Crippen molar-refractivity contribution >= 4 is 5.69 Å². The fourth-order valence-electron chi connectivity index (χ4n) is 1.64. The first-order valence-electron chi connectivity index (χ1n) is 5.40. The van der Waals surface area contributed by atoms with Gasteiger partial charge < -0.3 is 4.74 Å². The van der Waals surface area contributed by atoms with Crippen molar-refractivity contribution in [2.75, 3.05) is 0 Å². The fourth-order valence-corrected chi connectivity index (χ4v) is 1.64. The van der Waals surface area contributed by atoms with Crippen LogP contribution in [0, 0.1) is 16.0 Å². The van der Waals surface area contributed by atoms with E-state index in [1.165, 1.54) is 6.07 Å². The normalized spacial score (nSPS) is 12.5. The van der Waals surface area contributed by atoms with Crippen LogP contribution in [0.3, 0.4) is 0 Å². The standard InChI is InChI=1S/C12H17NO3/c1-9(2)8-10(3)16-12-7-5-4-6-11(12)13(14)15/h4-7,9-10H,8H2,1-3H3. The smallest absolute Gasteiger partial charge is 0.310 e. The SMILES string of the molecule is CC(C)CC(C)Oc1ccccc1[N+](=O)[O-]. The average Bonchev–Trinajstić information content (AvgIpc) is 2.16. The largest absolute Gasteiger partial charge is 0.484 e. The quantitative estimate of drug-likeness (QED) is 0.567. The molecule has 1 atom stereocenters. The second-order valence-electron chi connectivity index (χ2n) is 4.28. The molecule has 0 heterocycles. The van der Waals surface area contributed by atoms with Gasteiger partial charge in [0.2, 0.25) is 0 Å². The third kappa shape index (κ3) is 3.53. The molecule has 0 radical (unpaired) electrons. The molecule has 0 spiro atoms. The Balaban J connectivity index is 2.76. The van der Waals surface area contributed by atoms with E-state index in [-0.39, 0.29) is 11.8 Å². The van der Waals surface area contributed by atoms with Crippen molar-refractivity contribution in [3.05, 3.63) is 34.4 Å². The van der Waals surface area contributed by atoms with Crippen LogP contribution in [0.4, 0.5) is 5.69 Å². The zero-order valence-corrected chi connectivity index (χ0v) is 9.84. The van der Waals surface area contributed by atoms with Crippen LogP contribution in [-0.4, -0.2) is 11.0 Å². The predicted octanol–water partition coefficient (Wildman–Crippen LogP) is 3.41. The number of ether oxygens (including phenoxy) is 1. The summed E-state index contributed by atoms with van der Waals surface area (Å²) in [5.41, 5.74) is 0.0260. The highest BCUT2D eigenvalue weighted by Gasteiger charge is 2.16. The molecule has 88 valence electrons. The number of nitro benzene ring substituents is 1. The Morgan fingerprint density at radius 3 is 2.50 bits per heavy atom. The summed E-state index contributed by atoms with van der Waals surface area (Å²) in [6.07, 6.45) is 0.868. The van der Waals surface area contributed by atoms with Crippen LogP contribution in [-0.2, 0) is 0 Å². The van der Waals surface area contributed by atoms with Crippen LogP contribution in [0.1, 0.15) is 27.2 Å². The summed E-state index contributed by atoms with van der Waals surface area (Å²) in [6.45, 7) is 6.12. The number of nitrogens with zero attached hydrogens (tertiary/aromatic N) is 1. The summed E-state index contributed by atoms with van der Waals surface area (Å²) in [4.78, 5) is 10.3. The highest BCUT2D eigenvalue weighted by Crippen LogP contribution is 2.27. The zero-order chi connectivity index (χ0) is 12.1. The Kier molecular flexibility index (Phi) is 4.28. The van der Waals surface area contributed by atoms with Crippen molar-refractivity contribution < 1.29 is 9.66 Å². The maximum absolute atomic E-state index is 10.8. The van der Waals surface area contributed by atoms with Gasteiger partial charge in [0.1, 0.15) is 0 Å². The molecule has 0 aliphatic heterocycles. The number of para-hydroxylation sites is 2. The minimum absolute atomic E-state index is 0.0129. The van der Waals surface area contributed by atoms with Crippen molar-refractivity contribution in [3.8, 4) is 5.75 Å². The molecule has 4 heteroatoms. The van der Waals surface area contributed by atoms with Gasteiger partial charge in [0.25, 0.3) is 0 Å². The lowest BCUT2D eigenvalue weighted by Gasteiger charge is -2.16. The monoisotopic (exact) mass is 223 g/mol. The summed E-state index contributed by atoms with van der Waals surface area (Å²) in [5, 5.41) is 10.8. The molecule has 0 bridgehead atoms. The first-order valence-corrected chi connectivity index (χ1v) is 5.40. The van der Waals surface area contributed by atoms with Crippen LogP contribution in [0.15, 0.2) is 24.3 Å². The zero-order valence-electron chi connectivity index (χ0n) is 9.84. The molecule has 1 unspecified atom stereocenters. The van der Waals surface area contributed by atoms with Gasteiger partial charge in [0.15, 0.2) is 5.75 Å². The second-order valence-corrected chi connectivity index (χ2v) is 4.28. The van der Waals surface area contributed by atoms with E-state index in [0.717, 1.165) is 6.42 Å². The Morgan fingerprint density at radius 2 is 1.94 bits per heavy atom. The number of nitro groups is 1. The molecule has 0 saturated heterocycles. The minimum Gasteiger partial charge on any atom is -0.484 e. The van der Waals surface area contributed by atoms with E-state index in [1.807, 2.05) is 6.92 Å². The lowest BCUT2D eigenvalue weighted by Crippen LogP contribution is -2.15. The van der Waals surface area contributed by atoms with Gasteiger partial charge in [-0.25, -0.2) is 0 Å². The Labute approximate surface area is 95.4 Å². The van der Waals surface area contributed by atoms with Gasteiger partial charge in [-0.2, -0.15) is 0 Å². The molecule has 0 amide bonds. The van der Waals surface area contributed by atoms with Gasteiger partial charge in [-0.05, 0) is 25.3 Å². The number of benzene rings is 1. The van der Waals surface area contributed by atoms with E-state index in [4.69, 9.17) is 4.74 Å². The first kappa shape index (κ1) is 12.5. The third-order valence-electron chi connectivity index (χ3n) is 2.19. The van der Waals surface area contributed by atoms with Crippen LogP contribution in [0.5, 0.6) is 5.75 Å². The minimum atomic E-state index is -0.419. The third-order valence-corrected chi connectivity index (χ3v) is 2.19. The van der Waals surface area contributed by atoms with Gasteiger partial charge in [0, 0.05) is 6.07 Å². The van der Waals surface area contributed by atoms with E-state index >= 15 is 0 Å². The lowest BCUT2D eigenvalue weighted by molar-refractivity contribution is -0.386. The highest BCUT2D eigenvalue weighted by molar-refractivity contribution is 5.45. The molecule has 0 fully saturated rings. The van der Waals surface area contributed by atoms with Crippen molar-refractivity contribution in [2.45, 2.75) is 33.3 Å². The van der Waals surface area contributed by atoms with Crippen LogP contribution in [0.2, 0.25) is 0 Å². The average molecular weight is 223 g/mol. The van der Waals surface area contributed by atoms with Crippen molar-refractivity contribution in [3.63, 3.8) is 0 Å². The Bertz CT molecular complexity index is 363. The van der Waals surface area contributed by atoms with E-state index in [0.29, 0.717) is 11.7 Å². The van der Waals surface area contributed by atoms with E-state index in [1.54, 1.807) is 18.2 Å². The first-order chi connectivity index (χ1) is 7.50. The molecule has 1 aromatic carbocycles. The summed E-state index contributed by atoms with van der Waals surface area (Å²) in [5.74, 6) is 0.860. The van der Waals surface area contributed by atoms with Crippen molar-refractivity contribution in [1.29, 1.82) is 0 Å². The van der Waals surface area contributed by atoms with Gasteiger partial charge >= 0.3 is 5.69 Å². The van der Waals surface area contributed by atoms with Gasteiger partial charge in [-0.3, -0.25) is 10.1 Å². The molecule has 1 rings (SSSR count). The number of rotatable bonds is 5. The predicted molar refractivity (Wildman–Crippen MR) is 62.6 cm³/mol. The summed E-state index contributed by atoms with van der Waals surface area (Å²) in [6, 6.07) is 6.47. The maximum Gasteiger partial charge on any atom is 0.310 e. The lowest BCUT2D eigenvalue weighted by atomic mass is 10.1. The van der Waals surface area contributed by atoms with Gasteiger partial charge in [-0.1, -0.05) is 26.0 Å². The van der Waals surface area contributed by atoms with E-state index in [2.05, 4.69) is 13.8 Å². The molecule has 0 aromatic heterocycles. The molecule has 4 nitrogen and oxygen atoms in total. The second kappa shape index (κ2) is 5.49. The molecule has 0 saturated carbocycles. The number of hydrogen-bond donors (Lipinski definition) is 0. The molecular weight excluding hydrogens is 206 g/mol. The van der Waals surface area contributed by atoms with Crippen molar-refractivity contribution in [1.82, 2.24) is 0 Å². The highest BCUT2D eigenvalue weighted by atomic mass is 16.6. The molecule has 16 heavy (non-hydrogen) atoms. The van der Waals surface area contributed by atoms with Gasteiger partial charge in [0.05, 0.1) is 11.0 Å². The van der Waals surface area contributed by atoms with Crippen molar-refractivity contribution in [2.24, 2.45) is 5.92 Å².